The predicted molar refractivity (Wildman–Crippen MR) is 97.9 cm³/mol. The number of aromatic nitrogens is 1. The fraction of sp³-hybridized carbons (Fsp3) is 0.158. The highest BCUT2D eigenvalue weighted by Gasteiger charge is 2.11. The Bertz CT molecular complexity index is 916. The highest BCUT2D eigenvalue weighted by molar-refractivity contribution is 7.18. The van der Waals surface area contributed by atoms with Gasteiger partial charge in [0.1, 0.15) is 18.2 Å². The van der Waals surface area contributed by atoms with Gasteiger partial charge in [0.15, 0.2) is 11.5 Å². The van der Waals surface area contributed by atoms with Crippen LogP contribution < -0.4 is 14.8 Å². The van der Waals surface area contributed by atoms with Gasteiger partial charge in [-0.05, 0) is 35.9 Å². The molecule has 0 saturated carbocycles. The van der Waals surface area contributed by atoms with Crippen molar-refractivity contribution in [2.24, 2.45) is 0 Å². The van der Waals surface area contributed by atoms with Crippen molar-refractivity contribution in [3.63, 3.8) is 0 Å². The molecule has 1 aliphatic rings. The Morgan fingerprint density at radius 3 is 2.88 bits per heavy atom. The Balaban J connectivity index is 1.37. The number of para-hydroxylation sites is 1. The van der Waals surface area contributed by atoms with Crippen LogP contribution >= 0.6 is 11.3 Å². The van der Waals surface area contributed by atoms with Gasteiger partial charge < -0.3 is 14.8 Å². The SMILES string of the molecule is O=C(/C=C/c1ccc2c(c1)OCCO2)NCc1nc2ccccc2s1. The highest BCUT2D eigenvalue weighted by Crippen LogP contribution is 2.31. The molecule has 0 unspecified atom stereocenters. The van der Waals surface area contributed by atoms with E-state index in [1.165, 1.54) is 6.08 Å². The summed E-state index contributed by atoms with van der Waals surface area (Å²) in [7, 11) is 0. The molecule has 6 heteroatoms. The first-order valence-corrected chi connectivity index (χ1v) is 8.79. The maximum atomic E-state index is 12.0. The Kier molecular flexibility index (Phi) is 4.35. The second kappa shape index (κ2) is 6.94. The van der Waals surface area contributed by atoms with Gasteiger partial charge in [-0.2, -0.15) is 0 Å². The van der Waals surface area contributed by atoms with E-state index in [-0.39, 0.29) is 5.91 Å². The van der Waals surface area contributed by atoms with Crippen molar-refractivity contribution < 1.29 is 14.3 Å². The smallest absolute Gasteiger partial charge is 0.244 e. The zero-order valence-electron chi connectivity index (χ0n) is 13.4. The minimum Gasteiger partial charge on any atom is -0.486 e. The Morgan fingerprint density at radius 1 is 1.16 bits per heavy atom. The van der Waals surface area contributed by atoms with Crippen LogP contribution in [0.25, 0.3) is 16.3 Å². The number of fused-ring (bicyclic) bond motifs is 2. The second-order valence-electron chi connectivity index (χ2n) is 5.53. The number of hydrogen-bond acceptors (Lipinski definition) is 5. The van der Waals surface area contributed by atoms with Crippen molar-refractivity contribution in [3.8, 4) is 11.5 Å². The molecule has 0 aliphatic carbocycles. The number of benzene rings is 2. The molecule has 4 rings (SSSR count). The number of ether oxygens (including phenoxy) is 2. The predicted octanol–water partition coefficient (Wildman–Crippen LogP) is 3.40. The van der Waals surface area contributed by atoms with Crippen LogP contribution in [-0.2, 0) is 11.3 Å². The number of thiazole rings is 1. The molecule has 0 spiro atoms. The largest absolute Gasteiger partial charge is 0.486 e. The third-order valence-electron chi connectivity index (χ3n) is 3.75. The lowest BCUT2D eigenvalue weighted by atomic mass is 10.2. The highest BCUT2D eigenvalue weighted by atomic mass is 32.1. The summed E-state index contributed by atoms with van der Waals surface area (Å²) in [6.07, 6.45) is 3.27. The maximum absolute atomic E-state index is 12.0. The average Bonchev–Trinajstić information content (AvgIpc) is 3.07. The third-order valence-corrected chi connectivity index (χ3v) is 4.78. The van der Waals surface area contributed by atoms with Crippen LogP contribution in [0.2, 0.25) is 0 Å². The van der Waals surface area contributed by atoms with Crippen LogP contribution in [0.15, 0.2) is 48.5 Å². The fourth-order valence-corrected chi connectivity index (χ4v) is 3.46. The van der Waals surface area contributed by atoms with E-state index in [2.05, 4.69) is 10.3 Å². The van der Waals surface area contributed by atoms with E-state index in [4.69, 9.17) is 9.47 Å². The van der Waals surface area contributed by atoms with Crippen LogP contribution in [0.5, 0.6) is 11.5 Å². The van der Waals surface area contributed by atoms with Crippen molar-refractivity contribution in [1.29, 1.82) is 0 Å². The van der Waals surface area contributed by atoms with Crippen LogP contribution in [0.3, 0.4) is 0 Å². The number of carbonyl (C=O) groups excluding carboxylic acids is 1. The second-order valence-corrected chi connectivity index (χ2v) is 6.64. The summed E-state index contributed by atoms with van der Waals surface area (Å²) in [5.41, 5.74) is 1.85. The van der Waals surface area contributed by atoms with Gasteiger partial charge in [-0.25, -0.2) is 4.98 Å². The molecule has 1 aromatic heterocycles. The van der Waals surface area contributed by atoms with Gasteiger partial charge in [0.2, 0.25) is 5.91 Å². The van der Waals surface area contributed by atoms with Crippen molar-refractivity contribution in [3.05, 3.63) is 59.1 Å². The van der Waals surface area contributed by atoms with E-state index in [0.29, 0.717) is 25.5 Å². The maximum Gasteiger partial charge on any atom is 0.244 e. The van der Waals surface area contributed by atoms with Gasteiger partial charge >= 0.3 is 0 Å². The number of rotatable bonds is 4. The fourth-order valence-electron chi connectivity index (χ4n) is 2.55. The lowest BCUT2D eigenvalue weighted by Gasteiger charge is -2.18. The molecule has 5 nitrogen and oxygen atoms in total. The van der Waals surface area contributed by atoms with E-state index < -0.39 is 0 Å². The van der Waals surface area contributed by atoms with Gasteiger partial charge in [-0.3, -0.25) is 4.79 Å². The molecule has 0 saturated heterocycles. The normalized spacial score (nSPS) is 13.3. The van der Waals surface area contributed by atoms with Gasteiger partial charge in [-0.15, -0.1) is 11.3 Å². The molecule has 0 radical (unpaired) electrons. The zero-order chi connectivity index (χ0) is 17.1. The van der Waals surface area contributed by atoms with E-state index in [9.17, 15) is 4.79 Å². The first-order valence-electron chi connectivity index (χ1n) is 7.98. The van der Waals surface area contributed by atoms with Crippen LogP contribution in [-0.4, -0.2) is 24.1 Å². The molecule has 0 fully saturated rings. The van der Waals surface area contributed by atoms with Crippen LogP contribution in [0.1, 0.15) is 10.6 Å². The molecule has 3 aromatic rings. The summed E-state index contributed by atoms with van der Waals surface area (Å²) < 4.78 is 12.1. The lowest BCUT2D eigenvalue weighted by molar-refractivity contribution is -0.116. The van der Waals surface area contributed by atoms with Gasteiger partial charge in [-0.1, -0.05) is 18.2 Å². The quantitative estimate of drug-likeness (QED) is 0.731. The number of nitrogens with one attached hydrogen (secondary N) is 1. The Hall–Kier alpha value is -2.86. The number of carbonyl (C=O) groups is 1. The number of hydrogen-bond donors (Lipinski definition) is 1. The molecule has 1 N–H and O–H groups in total. The molecule has 1 aliphatic heterocycles. The average molecular weight is 352 g/mol. The Morgan fingerprint density at radius 2 is 2.00 bits per heavy atom. The molecule has 126 valence electrons. The molecule has 0 atom stereocenters. The van der Waals surface area contributed by atoms with E-state index in [1.807, 2.05) is 42.5 Å². The zero-order valence-corrected chi connectivity index (χ0v) is 14.2. The summed E-state index contributed by atoms with van der Waals surface area (Å²) in [4.78, 5) is 16.5. The molecule has 2 aromatic carbocycles. The molecular formula is C19H16N2O3S. The lowest BCUT2D eigenvalue weighted by Crippen LogP contribution is -2.20. The third kappa shape index (κ3) is 3.64. The van der Waals surface area contributed by atoms with Crippen LogP contribution in [0, 0.1) is 0 Å². The van der Waals surface area contributed by atoms with Crippen molar-refractivity contribution in [2.45, 2.75) is 6.54 Å². The van der Waals surface area contributed by atoms with Crippen LogP contribution in [0.4, 0.5) is 0 Å². The van der Waals surface area contributed by atoms with Gasteiger partial charge in [0.25, 0.3) is 0 Å². The molecular weight excluding hydrogens is 336 g/mol. The van der Waals surface area contributed by atoms with Gasteiger partial charge in [0, 0.05) is 6.08 Å². The minimum atomic E-state index is -0.158. The van der Waals surface area contributed by atoms with E-state index in [0.717, 1.165) is 26.5 Å². The summed E-state index contributed by atoms with van der Waals surface area (Å²) in [5, 5.41) is 3.75. The summed E-state index contributed by atoms with van der Waals surface area (Å²) in [5.74, 6) is 1.29. The molecule has 1 amide bonds. The number of nitrogens with zero attached hydrogens (tertiary/aromatic N) is 1. The first kappa shape index (κ1) is 15.7. The standard InChI is InChI=1S/C19H16N2O3S/c22-18(20-12-19-21-14-3-1-2-4-17(14)25-19)8-6-13-5-7-15-16(11-13)24-10-9-23-15/h1-8,11H,9-10,12H2,(H,20,22)/b8-6+. The molecule has 2 heterocycles. The molecule has 25 heavy (non-hydrogen) atoms. The summed E-state index contributed by atoms with van der Waals surface area (Å²) in [6, 6.07) is 13.6. The van der Waals surface area contributed by atoms with E-state index >= 15 is 0 Å². The number of amides is 1. The summed E-state index contributed by atoms with van der Waals surface area (Å²) >= 11 is 1.59. The first-order chi connectivity index (χ1) is 12.3. The van der Waals surface area contributed by atoms with Crippen molar-refractivity contribution in [1.82, 2.24) is 10.3 Å². The van der Waals surface area contributed by atoms with E-state index in [1.54, 1.807) is 17.4 Å². The topological polar surface area (TPSA) is 60.5 Å². The van der Waals surface area contributed by atoms with Crippen molar-refractivity contribution in [2.75, 3.05) is 13.2 Å². The monoisotopic (exact) mass is 352 g/mol. The van der Waals surface area contributed by atoms with Crippen molar-refractivity contribution >= 4 is 33.5 Å². The summed E-state index contributed by atoms with van der Waals surface area (Å²) in [6.45, 7) is 1.53. The van der Waals surface area contributed by atoms with Gasteiger partial charge in [0.05, 0.1) is 16.8 Å². The minimum absolute atomic E-state index is 0.158. The molecule has 0 bridgehead atoms. The Labute approximate surface area is 148 Å².